The SMILES string of the molecule is N[C@@H]1CCc2c(ccc(OCc3ccccc3)c2[N+](=O)[O-])[C@H]1O. The highest BCUT2D eigenvalue weighted by Gasteiger charge is 2.33. The number of nitrogens with zero attached hydrogens (tertiary/aromatic N) is 1. The molecule has 2 aromatic rings. The lowest BCUT2D eigenvalue weighted by molar-refractivity contribution is -0.386. The Balaban J connectivity index is 1.93. The molecule has 120 valence electrons. The van der Waals surface area contributed by atoms with Crippen LogP contribution in [0, 0.1) is 10.1 Å². The molecule has 3 rings (SSSR count). The van der Waals surface area contributed by atoms with Crippen LogP contribution in [0.3, 0.4) is 0 Å². The van der Waals surface area contributed by atoms with Crippen LogP contribution in [-0.2, 0) is 13.0 Å². The fourth-order valence-electron chi connectivity index (χ4n) is 2.92. The van der Waals surface area contributed by atoms with Gasteiger partial charge in [-0.3, -0.25) is 10.1 Å². The van der Waals surface area contributed by atoms with E-state index in [2.05, 4.69) is 0 Å². The Labute approximate surface area is 133 Å². The zero-order chi connectivity index (χ0) is 16.4. The maximum absolute atomic E-state index is 11.5. The van der Waals surface area contributed by atoms with Gasteiger partial charge in [-0.25, -0.2) is 0 Å². The van der Waals surface area contributed by atoms with E-state index < -0.39 is 17.1 Å². The average Bonchev–Trinajstić information content (AvgIpc) is 2.56. The van der Waals surface area contributed by atoms with Crippen molar-refractivity contribution in [3.63, 3.8) is 0 Å². The third-order valence-corrected chi connectivity index (χ3v) is 4.15. The fraction of sp³-hybridized carbons (Fsp3) is 0.294. The normalized spacial score (nSPS) is 19.9. The predicted octanol–water partition coefficient (Wildman–Crippen LogP) is 2.48. The molecule has 0 heterocycles. The number of hydrogen-bond donors (Lipinski definition) is 2. The molecule has 0 unspecified atom stereocenters. The smallest absolute Gasteiger partial charge is 0.314 e. The minimum Gasteiger partial charge on any atom is -0.482 e. The number of rotatable bonds is 4. The number of nitro groups is 1. The second-order valence-electron chi connectivity index (χ2n) is 5.66. The van der Waals surface area contributed by atoms with Gasteiger partial charge >= 0.3 is 5.69 Å². The molecule has 23 heavy (non-hydrogen) atoms. The summed E-state index contributed by atoms with van der Waals surface area (Å²) >= 11 is 0. The van der Waals surface area contributed by atoms with Crippen LogP contribution in [0.2, 0.25) is 0 Å². The third kappa shape index (κ3) is 3.04. The topological polar surface area (TPSA) is 98.6 Å². The van der Waals surface area contributed by atoms with Gasteiger partial charge in [0, 0.05) is 11.6 Å². The highest BCUT2D eigenvalue weighted by molar-refractivity contribution is 5.58. The van der Waals surface area contributed by atoms with E-state index in [4.69, 9.17) is 10.5 Å². The molecule has 6 nitrogen and oxygen atoms in total. The van der Waals surface area contributed by atoms with Crippen LogP contribution in [-0.4, -0.2) is 16.1 Å². The molecule has 0 saturated carbocycles. The van der Waals surface area contributed by atoms with Crippen molar-refractivity contribution in [2.24, 2.45) is 5.73 Å². The van der Waals surface area contributed by atoms with Crippen molar-refractivity contribution in [2.45, 2.75) is 31.6 Å². The molecule has 0 aliphatic heterocycles. The van der Waals surface area contributed by atoms with Crippen molar-refractivity contribution in [3.8, 4) is 5.75 Å². The molecule has 0 bridgehead atoms. The van der Waals surface area contributed by atoms with Gasteiger partial charge in [-0.1, -0.05) is 36.4 Å². The first-order chi connectivity index (χ1) is 11.1. The van der Waals surface area contributed by atoms with Gasteiger partial charge in [0.25, 0.3) is 0 Å². The molecule has 2 aromatic carbocycles. The Morgan fingerprint density at radius 3 is 2.70 bits per heavy atom. The first-order valence-electron chi connectivity index (χ1n) is 7.48. The van der Waals surface area contributed by atoms with Crippen molar-refractivity contribution >= 4 is 5.69 Å². The van der Waals surface area contributed by atoms with E-state index in [9.17, 15) is 15.2 Å². The predicted molar refractivity (Wildman–Crippen MR) is 85.1 cm³/mol. The summed E-state index contributed by atoms with van der Waals surface area (Å²) in [6.45, 7) is 0.253. The van der Waals surface area contributed by atoms with Crippen LogP contribution >= 0.6 is 0 Å². The largest absolute Gasteiger partial charge is 0.482 e. The Morgan fingerprint density at radius 2 is 2.00 bits per heavy atom. The van der Waals surface area contributed by atoms with Gasteiger partial charge in [0.1, 0.15) is 6.61 Å². The number of aliphatic hydroxyl groups excluding tert-OH is 1. The summed E-state index contributed by atoms with van der Waals surface area (Å²) in [6.07, 6.45) is 0.101. The van der Waals surface area contributed by atoms with E-state index in [0.29, 0.717) is 24.0 Å². The Hall–Kier alpha value is -2.44. The Kier molecular flexibility index (Phi) is 4.27. The molecule has 0 amide bonds. The number of nitro benzene ring substituents is 1. The molecule has 0 saturated heterocycles. The van der Waals surface area contributed by atoms with E-state index in [1.165, 1.54) is 0 Å². The van der Waals surface area contributed by atoms with Crippen LogP contribution in [0.5, 0.6) is 5.75 Å². The van der Waals surface area contributed by atoms with Crippen LogP contribution < -0.4 is 10.5 Å². The second-order valence-corrected chi connectivity index (χ2v) is 5.66. The summed E-state index contributed by atoms with van der Waals surface area (Å²) in [5, 5.41) is 21.7. The zero-order valence-corrected chi connectivity index (χ0v) is 12.5. The minimum atomic E-state index is -0.874. The number of benzene rings is 2. The number of ether oxygens (including phenoxy) is 1. The van der Waals surface area contributed by atoms with Gasteiger partial charge in [0.05, 0.1) is 11.0 Å². The molecule has 0 radical (unpaired) electrons. The fourth-order valence-corrected chi connectivity index (χ4v) is 2.92. The van der Waals surface area contributed by atoms with Gasteiger partial charge < -0.3 is 15.6 Å². The summed E-state index contributed by atoms with van der Waals surface area (Å²) in [5.41, 5.74) is 7.76. The Morgan fingerprint density at radius 1 is 1.26 bits per heavy atom. The van der Waals surface area contributed by atoms with E-state index in [1.54, 1.807) is 12.1 Å². The Bertz CT molecular complexity index is 718. The lowest BCUT2D eigenvalue weighted by Crippen LogP contribution is -2.33. The van der Waals surface area contributed by atoms with Crippen LogP contribution in [0.1, 0.15) is 29.2 Å². The van der Waals surface area contributed by atoms with Crippen LogP contribution in [0.25, 0.3) is 0 Å². The first kappa shape index (κ1) is 15.5. The van der Waals surface area contributed by atoms with Gasteiger partial charge in [0.15, 0.2) is 5.75 Å². The lowest BCUT2D eigenvalue weighted by Gasteiger charge is -2.27. The molecular formula is C17H18N2O4. The summed E-state index contributed by atoms with van der Waals surface area (Å²) < 4.78 is 5.66. The summed E-state index contributed by atoms with van der Waals surface area (Å²) in [7, 11) is 0. The van der Waals surface area contributed by atoms with E-state index in [0.717, 1.165) is 5.56 Å². The molecule has 0 fully saturated rings. The van der Waals surface area contributed by atoms with E-state index in [-0.39, 0.29) is 18.0 Å². The van der Waals surface area contributed by atoms with Gasteiger partial charge in [0.2, 0.25) is 0 Å². The van der Waals surface area contributed by atoms with Crippen molar-refractivity contribution in [1.29, 1.82) is 0 Å². The number of fused-ring (bicyclic) bond motifs is 1. The molecule has 0 aromatic heterocycles. The van der Waals surface area contributed by atoms with Gasteiger partial charge in [-0.2, -0.15) is 0 Å². The highest BCUT2D eigenvalue weighted by Crippen LogP contribution is 2.40. The van der Waals surface area contributed by atoms with Crippen molar-refractivity contribution in [2.75, 3.05) is 0 Å². The van der Waals surface area contributed by atoms with Crippen LogP contribution in [0.4, 0.5) is 5.69 Å². The monoisotopic (exact) mass is 314 g/mol. The van der Waals surface area contributed by atoms with Gasteiger partial charge in [-0.15, -0.1) is 0 Å². The number of aliphatic hydroxyl groups is 1. The molecular weight excluding hydrogens is 296 g/mol. The van der Waals surface area contributed by atoms with Crippen molar-refractivity contribution in [3.05, 3.63) is 69.3 Å². The second kappa shape index (κ2) is 6.36. The maximum atomic E-state index is 11.5. The lowest BCUT2D eigenvalue weighted by atomic mass is 9.85. The van der Waals surface area contributed by atoms with Gasteiger partial charge in [-0.05, 0) is 30.0 Å². The quantitative estimate of drug-likeness (QED) is 0.667. The highest BCUT2D eigenvalue weighted by atomic mass is 16.6. The number of hydrogen-bond acceptors (Lipinski definition) is 5. The molecule has 1 aliphatic carbocycles. The molecule has 2 atom stereocenters. The standard InChI is InChI=1S/C17H18N2O4/c18-14-8-6-12-13(17(14)20)7-9-15(16(12)19(21)22)23-10-11-4-2-1-3-5-11/h1-5,7,9,14,17,20H,6,8,10,18H2/t14-,17-/m1/s1. The third-order valence-electron chi connectivity index (χ3n) is 4.15. The summed E-state index contributed by atoms with van der Waals surface area (Å²) in [4.78, 5) is 11.1. The minimum absolute atomic E-state index is 0.0654. The molecule has 6 heteroatoms. The summed E-state index contributed by atoms with van der Waals surface area (Å²) in [6, 6.07) is 12.3. The van der Waals surface area contributed by atoms with Crippen LogP contribution in [0.15, 0.2) is 42.5 Å². The van der Waals surface area contributed by atoms with E-state index >= 15 is 0 Å². The molecule has 3 N–H and O–H groups in total. The molecule has 1 aliphatic rings. The zero-order valence-electron chi connectivity index (χ0n) is 12.5. The number of nitrogens with two attached hydrogens (primary N) is 1. The summed E-state index contributed by atoms with van der Waals surface area (Å²) in [5.74, 6) is 0.222. The van der Waals surface area contributed by atoms with E-state index in [1.807, 2.05) is 30.3 Å². The maximum Gasteiger partial charge on any atom is 0.314 e. The average molecular weight is 314 g/mol. The first-order valence-corrected chi connectivity index (χ1v) is 7.48. The van der Waals surface area contributed by atoms with Crippen molar-refractivity contribution < 1.29 is 14.8 Å². The van der Waals surface area contributed by atoms with Crippen molar-refractivity contribution in [1.82, 2.24) is 0 Å². The molecule has 0 spiro atoms.